The molecule has 0 unspecified atom stereocenters. The van der Waals surface area contributed by atoms with Gasteiger partial charge in [0.25, 0.3) is 0 Å². The Labute approximate surface area is 117 Å². The van der Waals surface area contributed by atoms with E-state index in [1.807, 2.05) is 0 Å². The van der Waals surface area contributed by atoms with Crippen LogP contribution in [0, 0.1) is 5.82 Å². The molecule has 0 aliphatic carbocycles. The first-order valence-corrected chi connectivity index (χ1v) is 5.75. The SMILES string of the molecule is COc1ncccc1C(=O)c1ccc(F)c(C(F)(F)F)c1. The van der Waals surface area contributed by atoms with Crippen LogP contribution in [0.1, 0.15) is 21.5 Å². The van der Waals surface area contributed by atoms with E-state index in [9.17, 15) is 22.4 Å². The molecule has 7 heteroatoms. The van der Waals surface area contributed by atoms with E-state index >= 15 is 0 Å². The maximum absolute atomic E-state index is 13.2. The lowest BCUT2D eigenvalue weighted by molar-refractivity contribution is -0.140. The Balaban J connectivity index is 2.50. The van der Waals surface area contributed by atoms with Crippen molar-refractivity contribution in [2.24, 2.45) is 0 Å². The number of ketones is 1. The van der Waals surface area contributed by atoms with Gasteiger partial charge in [-0.15, -0.1) is 0 Å². The zero-order chi connectivity index (χ0) is 15.6. The predicted octanol–water partition coefficient (Wildman–Crippen LogP) is 3.48. The number of rotatable bonds is 3. The Morgan fingerprint density at radius 1 is 1.24 bits per heavy atom. The van der Waals surface area contributed by atoms with Crippen LogP contribution in [0.25, 0.3) is 0 Å². The summed E-state index contributed by atoms with van der Waals surface area (Å²) in [6, 6.07) is 4.89. The summed E-state index contributed by atoms with van der Waals surface area (Å²) in [5.41, 5.74) is -1.79. The molecule has 0 atom stereocenters. The Morgan fingerprint density at radius 2 is 1.95 bits per heavy atom. The number of halogens is 4. The lowest BCUT2D eigenvalue weighted by Gasteiger charge is -2.10. The molecular weight excluding hydrogens is 290 g/mol. The Bertz CT molecular complexity index is 683. The van der Waals surface area contributed by atoms with Crippen LogP contribution in [-0.4, -0.2) is 17.9 Å². The Morgan fingerprint density at radius 3 is 2.57 bits per heavy atom. The third-order valence-corrected chi connectivity index (χ3v) is 2.74. The summed E-state index contributed by atoms with van der Waals surface area (Å²) in [5.74, 6) is -2.18. The normalized spacial score (nSPS) is 11.3. The molecule has 1 heterocycles. The highest BCUT2D eigenvalue weighted by atomic mass is 19.4. The minimum absolute atomic E-state index is 0.000248. The van der Waals surface area contributed by atoms with Crippen LogP contribution in [0.2, 0.25) is 0 Å². The van der Waals surface area contributed by atoms with Gasteiger partial charge >= 0.3 is 6.18 Å². The zero-order valence-electron chi connectivity index (χ0n) is 10.7. The summed E-state index contributed by atoms with van der Waals surface area (Å²) in [6.45, 7) is 0. The van der Waals surface area contributed by atoms with E-state index in [-0.39, 0.29) is 17.0 Å². The Hall–Kier alpha value is -2.44. The number of aromatic nitrogens is 1. The van der Waals surface area contributed by atoms with Gasteiger partial charge in [-0.25, -0.2) is 9.37 Å². The van der Waals surface area contributed by atoms with Crippen molar-refractivity contribution in [3.05, 3.63) is 59.0 Å². The highest BCUT2D eigenvalue weighted by Gasteiger charge is 2.34. The molecular formula is C14H9F4NO2. The van der Waals surface area contributed by atoms with Crippen molar-refractivity contribution >= 4 is 5.78 Å². The van der Waals surface area contributed by atoms with Gasteiger partial charge in [0.2, 0.25) is 5.88 Å². The number of pyridine rings is 1. The van der Waals surface area contributed by atoms with E-state index in [0.717, 1.165) is 6.07 Å². The molecule has 1 aromatic heterocycles. The second-order valence-corrected chi connectivity index (χ2v) is 4.08. The molecule has 0 N–H and O–H groups in total. The van der Waals surface area contributed by atoms with Gasteiger partial charge in [-0.2, -0.15) is 13.2 Å². The first kappa shape index (κ1) is 15.0. The summed E-state index contributed by atoms with van der Waals surface area (Å²) >= 11 is 0. The van der Waals surface area contributed by atoms with Gasteiger partial charge in [0.05, 0.1) is 18.2 Å². The molecule has 2 aromatic rings. The number of nitrogens with zero attached hydrogens (tertiary/aromatic N) is 1. The lowest BCUT2D eigenvalue weighted by atomic mass is 10.0. The Kier molecular flexibility index (Phi) is 3.93. The van der Waals surface area contributed by atoms with Crippen LogP contribution in [0.4, 0.5) is 17.6 Å². The highest BCUT2D eigenvalue weighted by Crippen LogP contribution is 2.32. The van der Waals surface area contributed by atoms with Gasteiger partial charge in [0, 0.05) is 11.8 Å². The van der Waals surface area contributed by atoms with Crippen molar-refractivity contribution in [1.29, 1.82) is 0 Å². The number of methoxy groups -OCH3 is 1. The van der Waals surface area contributed by atoms with E-state index in [1.165, 1.54) is 25.4 Å². The molecule has 0 fully saturated rings. The minimum atomic E-state index is -4.88. The van der Waals surface area contributed by atoms with Crippen molar-refractivity contribution in [1.82, 2.24) is 4.98 Å². The standard InChI is InChI=1S/C14H9F4NO2/c1-21-13-9(3-2-6-19-13)12(20)8-4-5-11(15)10(7-8)14(16,17)18/h2-7H,1H3. The van der Waals surface area contributed by atoms with Gasteiger partial charge in [-0.3, -0.25) is 4.79 Å². The highest BCUT2D eigenvalue weighted by molar-refractivity contribution is 6.10. The number of carbonyl (C=O) groups excluding carboxylic acids is 1. The number of ether oxygens (including phenoxy) is 1. The van der Waals surface area contributed by atoms with Gasteiger partial charge in [-0.05, 0) is 30.3 Å². The average Bonchev–Trinajstić information content (AvgIpc) is 2.45. The van der Waals surface area contributed by atoms with Crippen molar-refractivity contribution in [2.75, 3.05) is 7.11 Å². The summed E-state index contributed by atoms with van der Waals surface area (Å²) in [6.07, 6.45) is -3.50. The maximum atomic E-state index is 13.2. The first-order chi connectivity index (χ1) is 9.84. The fourth-order valence-corrected chi connectivity index (χ4v) is 1.77. The van der Waals surface area contributed by atoms with Crippen LogP contribution < -0.4 is 4.74 Å². The third kappa shape index (κ3) is 3.01. The lowest BCUT2D eigenvalue weighted by Crippen LogP contribution is -2.11. The van der Waals surface area contributed by atoms with E-state index in [0.29, 0.717) is 12.1 Å². The van der Waals surface area contributed by atoms with Crippen molar-refractivity contribution in [2.45, 2.75) is 6.18 Å². The van der Waals surface area contributed by atoms with Gasteiger partial charge in [-0.1, -0.05) is 0 Å². The molecule has 3 nitrogen and oxygen atoms in total. The number of hydrogen-bond donors (Lipinski definition) is 0. The van der Waals surface area contributed by atoms with E-state index in [4.69, 9.17) is 4.74 Å². The summed E-state index contributed by atoms with van der Waals surface area (Å²) in [5, 5.41) is 0. The second kappa shape index (κ2) is 5.51. The molecule has 2 rings (SSSR count). The fraction of sp³-hybridized carbons (Fsp3) is 0.143. The smallest absolute Gasteiger partial charge is 0.419 e. The molecule has 0 spiro atoms. The molecule has 1 aromatic carbocycles. The molecule has 0 bridgehead atoms. The summed E-state index contributed by atoms with van der Waals surface area (Å²) in [7, 11) is 1.28. The minimum Gasteiger partial charge on any atom is -0.480 e. The van der Waals surface area contributed by atoms with Gasteiger partial charge < -0.3 is 4.74 Å². The second-order valence-electron chi connectivity index (χ2n) is 4.08. The largest absolute Gasteiger partial charge is 0.480 e. The number of benzene rings is 1. The molecule has 110 valence electrons. The fourth-order valence-electron chi connectivity index (χ4n) is 1.77. The molecule has 0 radical (unpaired) electrons. The monoisotopic (exact) mass is 299 g/mol. The van der Waals surface area contributed by atoms with Gasteiger partial charge in [0.15, 0.2) is 5.78 Å². The predicted molar refractivity (Wildman–Crippen MR) is 65.6 cm³/mol. The van der Waals surface area contributed by atoms with Crippen molar-refractivity contribution in [3.63, 3.8) is 0 Å². The van der Waals surface area contributed by atoms with Crippen LogP contribution in [0.5, 0.6) is 5.88 Å². The van der Waals surface area contributed by atoms with E-state index in [2.05, 4.69) is 4.98 Å². The molecule has 0 aliphatic heterocycles. The topological polar surface area (TPSA) is 39.2 Å². The van der Waals surface area contributed by atoms with Crippen LogP contribution >= 0.6 is 0 Å². The molecule has 0 amide bonds. The first-order valence-electron chi connectivity index (χ1n) is 5.75. The molecule has 0 saturated carbocycles. The zero-order valence-corrected chi connectivity index (χ0v) is 10.7. The van der Waals surface area contributed by atoms with Crippen molar-refractivity contribution < 1.29 is 27.1 Å². The quantitative estimate of drug-likeness (QED) is 0.643. The summed E-state index contributed by atoms with van der Waals surface area (Å²) in [4.78, 5) is 16.0. The number of alkyl halides is 3. The van der Waals surface area contributed by atoms with Crippen LogP contribution in [0.3, 0.4) is 0 Å². The summed E-state index contributed by atoms with van der Waals surface area (Å²) < 4.78 is 56.0. The van der Waals surface area contributed by atoms with E-state index in [1.54, 1.807) is 0 Å². The average molecular weight is 299 g/mol. The van der Waals surface area contributed by atoms with Gasteiger partial charge in [0.1, 0.15) is 5.82 Å². The number of carbonyl (C=O) groups is 1. The molecule has 0 saturated heterocycles. The van der Waals surface area contributed by atoms with Crippen molar-refractivity contribution in [3.8, 4) is 5.88 Å². The van der Waals surface area contributed by atoms with Crippen LogP contribution in [0.15, 0.2) is 36.5 Å². The number of hydrogen-bond acceptors (Lipinski definition) is 3. The van der Waals surface area contributed by atoms with Crippen LogP contribution in [-0.2, 0) is 6.18 Å². The molecule has 21 heavy (non-hydrogen) atoms. The maximum Gasteiger partial charge on any atom is 0.419 e. The third-order valence-electron chi connectivity index (χ3n) is 2.74. The van der Waals surface area contributed by atoms with E-state index < -0.39 is 23.3 Å². The molecule has 0 aliphatic rings.